The van der Waals surface area contributed by atoms with Crippen LogP contribution in [0, 0.1) is 5.92 Å². The van der Waals surface area contributed by atoms with Gasteiger partial charge in [-0.15, -0.1) is 0 Å². The highest BCUT2D eigenvalue weighted by atomic mass is 35.5. The number of nitrogens with one attached hydrogen (secondary N) is 1. The second kappa shape index (κ2) is 13.3. The van der Waals surface area contributed by atoms with Crippen molar-refractivity contribution in [2.24, 2.45) is 5.92 Å². The highest BCUT2D eigenvalue weighted by Gasteiger charge is 2.49. The molecule has 34 heavy (non-hydrogen) atoms. The summed E-state index contributed by atoms with van der Waals surface area (Å²) in [5, 5.41) is 2.82. The van der Waals surface area contributed by atoms with Crippen LogP contribution in [0.3, 0.4) is 0 Å². The van der Waals surface area contributed by atoms with Gasteiger partial charge in [0.05, 0.1) is 0 Å². The molecule has 1 N–H and O–H groups in total. The van der Waals surface area contributed by atoms with Crippen molar-refractivity contribution in [1.82, 2.24) is 10.2 Å². The largest absolute Gasteiger partial charge is 0.424 e. The van der Waals surface area contributed by atoms with Gasteiger partial charge in [0.2, 0.25) is 12.2 Å². The standard InChI is InChI=1S/C25H37ClN2O6/c1-8-9-12-20(26)17(4)25(14-11-10-13-22(25)30)28(7)24(32)34-19(6)33-23(31)21(15-16(2)3)27-18(5)29/h8-9,12,16,19,21H,4,10-11,13-15H2,1-3,5-7H3,(H,27,29)/b9-8-,20-12+/t19?,21-,25+/m0/s1. The summed E-state index contributed by atoms with van der Waals surface area (Å²) in [4.78, 5) is 51.3. The summed E-state index contributed by atoms with van der Waals surface area (Å²) >= 11 is 6.41. The van der Waals surface area contributed by atoms with E-state index >= 15 is 0 Å². The van der Waals surface area contributed by atoms with Crippen molar-refractivity contribution >= 4 is 35.4 Å². The minimum Gasteiger partial charge on any atom is -0.424 e. The van der Waals surface area contributed by atoms with Gasteiger partial charge in [-0.05, 0) is 50.2 Å². The van der Waals surface area contributed by atoms with Gasteiger partial charge in [0, 0.05) is 32.3 Å². The summed E-state index contributed by atoms with van der Waals surface area (Å²) in [7, 11) is 1.45. The second-order valence-corrected chi connectivity index (χ2v) is 9.25. The zero-order valence-corrected chi connectivity index (χ0v) is 21.7. The third-order valence-electron chi connectivity index (χ3n) is 5.64. The van der Waals surface area contributed by atoms with E-state index in [1.54, 1.807) is 18.2 Å². The molecule has 0 aliphatic heterocycles. The van der Waals surface area contributed by atoms with Crippen LogP contribution >= 0.6 is 11.6 Å². The molecule has 9 heteroatoms. The minimum atomic E-state index is -1.36. The molecule has 0 aromatic carbocycles. The Morgan fingerprint density at radius 3 is 2.41 bits per heavy atom. The van der Waals surface area contributed by atoms with Gasteiger partial charge in [0.15, 0.2) is 5.78 Å². The van der Waals surface area contributed by atoms with Gasteiger partial charge in [0.25, 0.3) is 0 Å². The van der Waals surface area contributed by atoms with Gasteiger partial charge in [-0.1, -0.05) is 44.2 Å². The van der Waals surface area contributed by atoms with E-state index in [0.29, 0.717) is 31.3 Å². The number of ketones is 1. The summed E-state index contributed by atoms with van der Waals surface area (Å²) in [5.41, 5.74) is -1.05. The molecule has 1 fully saturated rings. The average molecular weight is 497 g/mol. The van der Waals surface area contributed by atoms with Gasteiger partial charge in [0.1, 0.15) is 11.6 Å². The van der Waals surface area contributed by atoms with E-state index in [2.05, 4.69) is 11.9 Å². The number of Topliss-reactive ketones (excluding diaryl/α,β-unsaturated/α-hetero) is 1. The highest BCUT2D eigenvalue weighted by molar-refractivity contribution is 6.32. The van der Waals surface area contributed by atoms with Crippen LogP contribution in [0.2, 0.25) is 0 Å². The maximum absolute atomic E-state index is 13.1. The first-order valence-electron chi connectivity index (χ1n) is 11.5. The van der Waals surface area contributed by atoms with Crippen LogP contribution in [0.4, 0.5) is 4.79 Å². The predicted octanol–water partition coefficient (Wildman–Crippen LogP) is 4.63. The number of hydrogen-bond acceptors (Lipinski definition) is 6. The van der Waals surface area contributed by atoms with E-state index in [4.69, 9.17) is 21.1 Å². The molecular weight excluding hydrogens is 460 g/mol. The average Bonchev–Trinajstić information content (AvgIpc) is 2.75. The highest BCUT2D eigenvalue weighted by Crippen LogP contribution is 2.40. The molecule has 0 radical (unpaired) electrons. The lowest BCUT2D eigenvalue weighted by Crippen LogP contribution is -2.58. The Hall–Kier alpha value is -2.61. The predicted molar refractivity (Wildman–Crippen MR) is 131 cm³/mol. The summed E-state index contributed by atoms with van der Waals surface area (Å²) in [6.07, 6.45) is 5.43. The quantitative estimate of drug-likeness (QED) is 0.269. The number of halogens is 1. The van der Waals surface area contributed by atoms with Crippen molar-refractivity contribution in [3.8, 4) is 0 Å². The molecular formula is C25H37ClN2O6. The first-order valence-corrected chi connectivity index (χ1v) is 11.9. The monoisotopic (exact) mass is 496 g/mol. The Balaban J connectivity index is 3.04. The smallest absolute Gasteiger partial charge is 0.413 e. The molecule has 8 nitrogen and oxygen atoms in total. The molecule has 1 aliphatic carbocycles. The fourth-order valence-electron chi connectivity index (χ4n) is 3.95. The Bertz CT molecular complexity index is 850. The zero-order chi connectivity index (χ0) is 26.1. The van der Waals surface area contributed by atoms with Gasteiger partial charge >= 0.3 is 12.1 Å². The SMILES string of the molecule is C=C(/C(Cl)=C\C=C/C)[C@]1(N(C)C(=O)OC(C)OC(=O)[C@H](CC(C)C)NC(C)=O)CCCCC1=O. The fourth-order valence-corrected chi connectivity index (χ4v) is 4.17. The third-order valence-corrected chi connectivity index (χ3v) is 5.99. The molecule has 0 saturated heterocycles. The number of carbonyl (C=O) groups excluding carboxylic acids is 4. The van der Waals surface area contributed by atoms with Crippen LogP contribution in [-0.2, 0) is 23.9 Å². The van der Waals surface area contributed by atoms with Crippen molar-refractivity contribution in [3.05, 3.63) is 35.4 Å². The van der Waals surface area contributed by atoms with Crippen LogP contribution in [-0.4, -0.2) is 53.6 Å². The number of amides is 2. The van der Waals surface area contributed by atoms with Crippen molar-refractivity contribution in [3.63, 3.8) is 0 Å². The van der Waals surface area contributed by atoms with E-state index in [1.807, 2.05) is 20.8 Å². The minimum absolute atomic E-state index is 0.122. The molecule has 0 heterocycles. The van der Waals surface area contributed by atoms with Crippen LogP contribution in [0.5, 0.6) is 0 Å². The number of carbonyl (C=O) groups is 4. The second-order valence-electron chi connectivity index (χ2n) is 8.84. The van der Waals surface area contributed by atoms with Crippen LogP contribution < -0.4 is 5.32 Å². The Morgan fingerprint density at radius 1 is 1.24 bits per heavy atom. The van der Waals surface area contributed by atoms with Crippen LogP contribution in [0.15, 0.2) is 35.4 Å². The molecule has 2 amide bonds. The molecule has 3 atom stereocenters. The lowest BCUT2D eigenvalue weighted by atomic mass is 9.74. The van der Waals surface area contributed by atoms with Crippen molar-refractivity contribution in [1.29, 1.82) is 0 Å². The molecule has 1 aliphatic rings. The molecule has 0 aromatic heterocycles. The van der Waals surface area contributed by atoms with Gasteiger partial charge in [-0.25, -0.2) is 9.59 Å². The molecule has 1 unspecified atom stereocenters. The van der Waals surface area contributed by atoms with Crippen LogP contribution in [0.1, 0.15) is 66.7 Å². The molecule has 0 aromatic rings. The van der Waals surface area contributed by atoms with Gasteiger partial charge in [-0.2, -0.15) is 0 Å². The first kappa shape index (κ1) is 29.4. The number of allylic oxidation sites excluding steroid dienone is 3. The summed E-state index contributed by atoms with van der Waals surface area (Å²) < 4.78 is 10.6. The zero-order valence-electron chi connectivity index (χ0n) is 21.0. The molecule has 1 saturated carbocycles. The first-order chi connectivity index (χ1) is 15.9. The van der Waals surface area contributed by atoms with Crippen LogP contribution in [0.25, 0.3) is 0 Å². The molecule has 190 valence electrons. The van der Waals surface area contributed by atoms with Crippen molar-refractivity contribution in [2.75, 3.05) is 7.05 Å². The lowest BCUT2D eigenvalue weighted by molar-refractivity contribution is -0.170. The summed E-state index contributed by atoms with van der Waals surface area (Å²) in [5.74, 6) is -1.14. The van der Waals surface area contributed by atoms with E-state index < -0.39 is 29.9 Å². The van der Waals surface area contributed by atoms with E-state index in [0.717, 1.165) is 0 Å². The van der Waals surface area contributed by atoms with E-state index in [1.165, 1.54) is 25.8 Å². The Morgan fingerprint density at radius 2 is 1.88 bits per heavy atom. The number of ether oxygens (including phenoxy) is 2. The number of hydrogen-bond donors (Lipinski definition) is 1. The molecule has 1 rings (SSSR count). The lowest BCUT2D eigenvalue weighted by Gasteiger charge is -2.43. The Kier molecular flexibility index (Phi) is 11.5. The van der Waals surface area contributed by atoms with E-state index in [-0.39, 0.29) is 29.1 Å². The van der Waals surface area contributed by atoms with Gasteiger partial charge in [-0.3, -0.25) is 14.5 Å². The number of esters is 1. The van der Waals surface area contributed by atoms with E-state index in [9.17, 15) is 19.2 Å². The maximum Gasteiger partial charge on any atom is 0.413 e. The summed E-state index contributed by atoms with van der Waals surface area (Å²) in [6.45, 7) is 12.4. The van der Waals surface area contributed by atoms with Gasteiger partial charge < -0.3 is 14.8 Å². The maximum atomic E-state index is 13.1. The number of nitrogens with zero attached hydrogens (tertiary/aromatic N) is 1. The fraction of sp³-hybridized carbons (Fsp3) is 0.600. The molecule has 0 bridgehead atoms. The van der Waals surface area contributed by atoms with Crippen molar-refractivity contribution < 1.29 is 28.7 Å². The number of likely N-dealkylation sites (N-methyl/N-ethyl adjacent to an activating group) is 1. The number of rotatable bonds is 10. The summed E-state index contributed by atoms with van der Waals surface area (Å²) in [6, 6.07) is -0.863. The van der Waals surface area contributed by atoms with Crippen molar-refractivity contribution in [2.45, 2.75) is 84.6 Å². The third kappa shape index (κ3) is 7.72. The Labute approximate surface area is 207 Å². The molecule has 0 spiro atoms. The topological polar surface area (TPSA) is 102 Å². The normalized spacial score (nSPS) is 20.6.